The molecule has 3 nitrogen and oxygen atoms in total. The first-order valence-corrected chi connectivity index (χ1v) is 5.25. The summed E-state index contributed by atoms with van der Waals surface area (Å²) in [5.41, 5.74) is 0.962. The predicted molar refractivity (Wildman–Crippen MR) is 58.9 cm³/mol. The second-order valence-corrected chi connectivity index (χ2v) is 3.76. The maximum atomic E-state index is 10.6. The molecule has 0 atom stereocenters. The smallest absolute Gasteiger partial charge is 0.345 e. The summed E-state index contributed by atoms with van der Waals surface area (Å²) in [6, 6.07) is 1.68. The average molecular weight is 211 g/mol. The van der Waals surface area contributed by atoms with Gasteiger partial charge in [0.2, 0.25) is 0 Å². The van der Waals surface area contributed by atoms with Gasteiger partial charge < -0.3 is 10.4 Å². The number of carboxylic acids is 1. The SMILES string of the molecule is CNCCC=Cc1csc(C(=O)O)c1. The molecule has 0 fully saturated rings. The van der Waals surface area contributed by atoms with Gasteiger partial charge in [-0.25, -0.2) is 4.79 Å². The minimum absolute atomic E-state index is 0.387. The van der Waals surface area contributed by atoms with Crippen molar-refractivity contribution in [2.75, 3.05) is 13.6 Å². The Bertz CT molecular complexity index is 331. The molecule has 1 rings (SSSR count). The van der Waals surface area contributed by atoms with Gasteiger partial charge in [0.15, 0.2) is 0 Å². The fourth-order valence-electron chi connectivity index (χ4n) is 0.998. The summed E-state index contributed by atoms with van der Waals surface area (Å²) in [7, 11) is 1.90. The number of hydrogen-bond donors (Lipinski definition) is 2. The van der Waals surface area contributed by atoms with Crippen LogP contribution in [-0.4, -0.2) is 24.7 Å². The number of carbonyl (C=O) groups is 1. The highest BCUT2D eigenvalue weighted by Gasteiger charge is 2.04. The fraction of sp³-hybridized carbons (Fsp3) is 0.300. The van der Waals surface area contributed by atoms with Gasteiger partial charge in [-0.2, -0.15) is 0 Å². The van der Waals surface area contributed by atoms with Gasteiger partial charge in [-0.3, -0.25) is 0 Å². The maximum absolute atomic E-state index is 10.6. The Morgan fingerprint density at radius 2 is 2.50 bits per heavy atom. The van der Waals surface area contributed by atoms with Crippen molar-refractivity contribution in [2.24, 2.45) is 0 Å². The number of hydrogen-bond acceptors (Lipinski definition) is 3. The summed E-state index contributed by atoms with van der Waals surface area (Å²) in [6.07, 6.45) is 4.93. The van der Waals surface area contributed by atoms with Gasteiger partial charge in [0.1, 0.15) is 4.88 Å². The van der Waals surface area contributed by atoms with Gasteiger partial charge in [-0.1, -0.05) is 12.2 Å². The first-order valence-electron chi connectivity index (χ1n) is 4.37. The second-order valence-electron chi connectivity index (χ2n) is 2.84. The van der Waals surface area contributed by atoms with Crippen molar-refractivity contribution in [3.63, 3.8) is 0 Å². The van der Waals surface area contributed by atoms with Crippen molar-refractivity contribution in [1.82, 2.24) is 5.32 Å². The van der Waals surface area contributed by atoms with E-state index in [1.54, 1.807) is 6.07 Å². The molecule has 0 unspecified atom stereocenters. The van der Waals surface area contributed by atoms with Crippen LogP contribution in [0.4, 0.5) is 0 Å². The molecule has 76 valence electrons. The predicted octanol–water partition coefficient (Wildman–Crippen LogP) is 2.07. The van der Waals surface area contributed by atoms with E-state index in [9.17, 15) is 4.79 Å². The minimum Gasteiger partial charge on any atom is -0.477 e. The lowest BCUT2D eigenvalue weighted by Crippen LogP contribution is -2.05. The zero-order valence-electron chi connectivity index (χ0n) is 7.99. The highest BCUT2D eigenvalue weighted by atomic mass is 32.1. The van der Waals surface area contributed by atoms with Crippen LogP contribution < -0.4 is 5.32 Å². The largest absolute Gasteiger partial charge is 0.477 e. The molecule has 0 aliphatic carbocycles. The third-order valence-corrected chi connectivity index (χ3v) is 2.64. The Hall–Kier alpha value is -1.13. The van der Waals surface area contributed by atoms with Crippen LogP contribution in [0.1, 0.15) is 21.7 Å². The van der Waals surface area contributed by atoms with Crippen molar-refractivity contribution in [3.05, 3.63) is 28.0 Å². The molecular weight excluding hydrogens is 198 g/mol. The Kier molecular flexibility index (Phi) is 4.35. The number of rotatable bonds is 5. The van der Waals surface area contributed by atoms with Crippen LogP contribution in [0.3, 0.4) is 0 Å². The molecule has 2 N–H and O–H groups in total. The van der Waals surface area contributed by atoms with Crippen LogP contribution in [0.5, 0.6) is 0 Å². The van der Waals surface area contributed by atoms with Gasteiger partial charge in [-0.15, -0.1) is 11.3 Å². The summed E-state index contributed by atoms with van der Waals surface area (Å²) in [5, 5.41) is 13.6. The van der Waals surface area contributed by atoms with E-state index in [1.165, 1.54) is 11.3 Å². The van der Waals surface area contributed by atoms with E-state index in [0.29, 0.717) is 4.88 Å². The third kappa shape index (κ3) is 3.32. The van der Waals surface area contributed by atoms with Crippen molar-refractivity contribution in [3.8, 4) is 0 Å². The molecule has 0 amide bonds. The monoisotopic (exact) mass is 211 g/mol. The van der Waals surface area contributed by atoms with E-state index in [1.807, 2.05) is 24.6 Å². The van der Waals surface area contributed by atoms with Crippen molar-refractivity contribution in [2.45, 2.75) is 6.42 Å². The first-order chi connectivity index (χ1) is 6.74. The van der Waals surface area contributed by atoms with E-state index in [4.69, 9.17) is 5.11 Å². The highest BCUT2D eigenvalue weighted by molar-refractivity contribution is 7.12. The van der Waals surface area contributed by atoms with Crippen LogP contribution in [0.25, 0.3) is 6.08 Å². The van der Waals surface area contributed by atoms with E-state index in [0.717, 1.165) is 18.5 Å². The molecule has 0 aliphatic heterocycles. The van der Waals surface area contributed by atoms with Gasteiger partial charge in [-0.05, 0) is 37.0 Å². The van der Waals surface area contributed by atoms with Crippen LogP contribution >= 0.6 is 11.3 Å². The molecule has 0 saturated carbocycles. The molecule has 0 aliphatic rings. The lowest BCUT2D eigenvalue weighted by Gasteiger charge is -1.90. The second kappa shape index (κ2) is 5.57. The summed E-state index contributed by atoms with van der Waals surface area (Å²) in [4.78, 5) is 11.0. The van der Waals surface area contributed by atoms with Crippen molar-refractivity contribution >= 4 is 23.4 Å². The van der Waals surface area contributed by atoms with Crippen LogP contribution in [0.15, 0.2) is 17.5 Å². The summed E-state index contributed by atoms with van der Waals surface area (Å²) in [6.45, 7) is 0.937. The molecule has 1 aromatic rings. The molecule has 0 aromatic carbocycles. The quantitative estimate of drug-likeness (QED) is 0.733. The number of aromatic carboxylic acids is 1. The van der Waals surface area contributed by atoms with E-state index >= 15 is 0 Å². The Morgan fingerprint density at radius 3 is 3.07 bits per heavy atom. The Morgan fingerprint density at radius 1 is 1.71 bits per heavy atom. The van der Waals surface area contributed by atoms with Gasteiger partial charge >= 0.3 is 5.97 Å². The summed E-state index contributed by atoms with van der Waals surface area (Å²) in [5.74, 6) is -0.857. The summed E-state index contributed by atoms with van der Waals surface area (Å²) >= 11 is 1.26. The third-order valence-electron chi connectivity index (χ3n) is 1.70. The molecule has 1 heterocycles. The van der Waals surface area contributed by atoms with Crippen LogP contribution in [0.2, 0.25) is 0 Å². The fourth-order valence-corrected chi connectivity index (χ4v) is 1.71. The zero-order valence-corrected chi connectivity index (χ0v) is 8.80. The van der Waals surface area contributed by atoms with Gasteiger partial charge in [0, 0.05) is 0 Å². The number of nitrogens with one attached hydrogen (secondary N) is 1. The van der Waals surface area contributed by atoms with Crippen LogP contribution in [-0.2, 0) is 0 Å². The molecule has 1 aromatic heterocycles. The lowest BCUT2D eigenvalue weighted by molar-refractivity contribution is 0.0702. The van der Waals surface area contributed by atoms with E-state index in [-0.39, 0.29) is 0 Å². The molecule has 0 spiro atoms. The number of thiophene rings is 1. The Labute approximate surface area is 87.1 Å². The minimum atomic E-state index is -0.857. The molecule has 0 radical (unpaired) electrons. The lowest BCUT2D eigenvalue weighted by atomic mass is 10.2. The summed E-state index contributed by atoms with van der Waals surface area (Å²) < 4.78 is 0. The molecule has 4 heteroatoms. The van der Waals surface area contributed by atoms with Gasteiger partial charge in [0.25, 0.3) is 0 Å². The standard InChI is InChI=1S/C10H13NO2S/c1-11-5-3-2-4-8-6-9(10(12)13)14-7-8/h2,4,6-7,11H,3,5H2,1H3,(H,12,13). The van der Waals surface area contributed by atoms with Crippen molar-refractivity contribution < 1.29 is 9.90 Å². The van der Waals surface area contributed by atoms with E-state index < -0.39 is 5.97 Å². The Balaban J connectivity index is 2.51. The van der Waals surface area contributed by atoms with Crippen molar-refractivity contribution in [1.29, 1.82) is 0 Å². The molecule has 0 saturated heterocycles. The van der Waals surface area contributed by atoms with Gasteiger partial charge in [0.05, 0.1) is 0 Å². The van der Waals surface area contributed by atoms with E-state index in [2.05, 4.69) is 5.32 Å². The number of carboxylic acid groups (broad SMARTS) is 1. The van der Waals surface area contributed by atoms with Crippen LogP contribution in [0, 0.1) is 0 Å². The maximum Gasteiger partial charge on any atom is 0.345 e. The molecule has 0 bridgehead atoms. The molecule has 14 heavy (non-hydrogen) atoms. The highest BCUT2D eigenvalue weighted by Crippen LogP contribution is 2.15. The average Bonchev–Trinajstić information content (AvgIpc) is 2.61. The first kappa shape index (κ1) is 10.9. The molecular formula is C10H13NO2S. The zero-order chi connectivity index (χ0) is 10.4. The topological polar surface area (TPSA) is 49.3 Å². The normalized spacial score (nSPS) is 10.9.